The van der Waals surface area contributed by atoms with E-state index in [1.807, 2.05) is 6.07 Å². The lowest BCUT2D eigenvalue weighted by atomic mass is 10.1. The lowest BCUT2D eigenvalue weighted by molar-refractivity contribution is 0.632. The smallest absolute Gasteiger partial charge is 0.146 e. The summed E-state index contributed by atoms with van der Waals surface area (Å²) in [7, 11) is 0. The van der Waals surface area contributed by atoms with Crippen molar-refractivity contribution in [3.63, 3.8) is 0 Å². The highest BCUT2D eigenvalue weighted by atomic mass is 19.1. The first-order valence-corrected chi connectivity index (χ1v) is 6.57. The highest BCUT2D eigenvalue weighted by Gasteiger charge is 2.15. The predicted molar refractivity (Wildman–Crippen MR) is 77.6 cm³/mol. The summed E-state index contributed by atoms with van der Waals surface area (Å²) in [6.45, 7) is 2.89. The largest absolute Gasteiger partial charge is 0.396 e. The molecule has 0 aliphatic carbocycles. The molecule has 0 saturated heterocycles. The molecule has 2 aromatic heterocycles. The lowest BCUT2D eigenvalue weighted by Crippen LogP contribution is -2.02. The summed E-state index contributed by atoms with van der Waals surface area (Å²) < 4.78 is 15.7. The highest BCUT2D eigenvalue weighted by Crippen LogP contribution is 2.30. The van der Waals surface area contributed by atoms with Crippen LogP contribution in [-0.2, 0) is 6.54 Å². The van der Waals surface area contributed by atoms with Gasteiger partial charge in [0, 0.05) is 18.3 Å². The molecular weight excluding hydrogens is 255 g/mol. The standard InChI is InChI=1S/C15H15FN4/c1-2-8-20-13-6-7-18-9-12(13)19-15(20)10-4-3-5-11(16)14(10)17/h3-7,9H,2,8,17H2,1H3. The van der Waals surface area contributed by atoms with Crippen molar-refractivity contribution in [1.82, 2.24) is 14.5 Å². The van der Waals surface area contributed by atoms with E-state index in [0.29, 0.717) is 11.4 Å². The Morgan fingerprint density at radius 1 is 1.30 bits per heavy atom. The molecule has 0 radical (unpaired) electrons. The fourth-order valence-corrected chi connectivity index (χ4v) is 2.37. The van der Waals surface area contributed by atoms with Crippen LogP contribution < -0.4 is 5.73 Å². The van der Waals surface area contributed by atoms with E-state index in [2.05, 4.69) is 21.5 Å². The number of benzene rings is 1. The quantitative estimate of drug-likeness (QED) is 0.743. The molecule has 0 bridgehead atoms. The first-order valence-electron chi connectivity index (χ1n) is 6.57. The summed E-state index contributed by atoms with van der Waals surface area (Å²) in [5.41, 5.74) is 8.39. The maximum atomic E-state index is 13.7. The van der Waals surface area contributed by atoms with E-state index < -0.39 is 5.82 Å². The van der Waals surface area contributed by atoms with Crippen molar-refractivity contribution >= 4 is 16.7 Å². The zero-order chi connectivity index (χ0) is 14.1. The summed E-state index contributed by atoms with van der Waals surface area (Å²) in [6, 6.07) is 6.71. The Hall–Kier alpha value is -2.43. The van der Waals surface area contributed by atoms with Gasteiger partial charge in [-0.1, -0.05) is 13.0 Å². The number of hydrogen-bond acceptors (Lipinski definition) is 3. The molecule has 0 saturated carbocycles. The molecule has 3 aromatic rings. The van der Waals surface area contributed by atoms with Crippen LogP contribution in [0.2, 0.25) is 0 Å². The number of hydrogen-bond donors (Lipinski definition) is 1. The normalized spacial score (nSPS) is 11.1. The molecule has 0 atom stereocenters. The number of aryl methyl sites for hydroxylation is 1. The van der Waals surface area contributed by atoms with Crippen LogP contribution in [0.15, 0.2) is 36.7 Å². The maximum absolute atomic E-state index is 13.7. The van der Waals surface area contributed by atoms with Crippen LogP contribution in [0.25, 0.3) is 22.4 Å². The van der Waals surface area contributed by atoms with Gasteiger partial charge in [0.05, 0.1) is 17.4 Å². The minimum Gasteiger partial charge on any atom is -0.396 e. The van der Waals surface area contributed by atoms with Crippen LogP contribution >= 0.6 is 0 Å². The van der Waals surface area contributed by atoms with Crippen LogP contribution in [0.3, 0.4) is 0 Å². The molecule has 0 amide bonds. The molecular formula is C15H15FN4. The third-order valence-corrected chi connectivity index (χ3v) is 3.29. The molecule has 5 heteroatoms. The Kier molecular flexibility index (Phi) is 3.10. The van der Waals surface area contributed by atoms with Crippen LogP contribution in [0.1, 0.15) is 13.3 Å². The van der Waals surface area contributed by atoms with Gasteiger partial charge in [0.25, 0.3) is 0 Å². The molecule has 3 rings (SSSR count). The fraction of sp³-hybridized carbons (Fsp3) is 0.200. The van der Waals surface area contributed by atoms with Gasteiger partial charge in [-0.05, 0) is 24.6 Å². The number of nitrogens with two attached hydrogens (primary N) is 1. The average Bonchev–Trinajstić information content (AvgIpc) is 2.81. The molecule has 2 heterocycles. The number of nitrogen functional groups attached to an aromatic ring is 1. The minimum absolute atomic E-state index is 0.133. The third-order valence-electron chi connectivity index (χ3n) is 3.29. The Bertz CT molecular complexity index is 764. The fourth-order valence-electron chi connectivity index (χ4n) is 2.37. The van der Waals surface area contributed by atoms with Crippen molar-refractivity contribution in [2.24, 2.45) is 0 Å². The zero-order valence-corrected chi connectivity index (χ0v) is 11.2. The zero-order valence-electron chi connectivity index (χ0n) is 11.2. The van der Waals surface area contributed by atoms with Gasteiger partial charge in [0.2, 0.25) is 0 Å². The summed E-state index contributed by atoms with van der Waals surface area (Å²) >= 11 is 0. The summed E-state index contributed by atoms with van der Waals surface area (Å²) in [6.07, 6.45) is 4.39. The Morgan fingerprint density at radius 2 is 2.15 bits per heavy atom. The van der Waals surface area contributed by atoms with Crippen LogP contribution in [-0.4, -0.2) is 14.5 Å². The number of aromatic nitrogens is 3. The molecule has 102 valence electrons. The number of rotatable bonds is 3. The Labute approximate surface area is 116 Å². The van der Waals surface area contributed by atoms with E-state index in [0.717, 1.165) is 24.0 Å². The van der Waals surface area contributed by atoms with Crippen LogP contribution in [0, 0.1) is 5.82 Å². The third kappa shape index (κ3) is 1.91. The van der Waals surface area contributed by atoms with Crippen molar-refractivity contribution < 1.29 is 4.39 Å². The summed E-state index contributed by atoms with van der Waals surface area (Å²) in [5, 5.41) is 0. The van der Waals surface area contributed by atoms with E-state index in [1.54, 1.807) is 24.5 Å². The number of para-hydroxylation sites is 1. The second-order valence-electron chi connectivity index (χ2n) is 4.65. The second-order valence-corrected chi connectivity index (χ2v) is 4.65. The Morgan fingerprint density at radius 3 is 2.95 bits per heavy atom. The minimum atomic E-state index is -0.421. The Balaban J connectivity index is 2.29. The summed E-state index contributed by atoms with van der Waals surface area (Å²) in [4.78, 5) is 8.64. The number of anilines is 1. The maximum Gasteiger partial charge on any atom is 0.146 e. The van der Waals surface area contributed by atoms with Crippen LogP contribution in [0.5, 0.6) is 0 Å². The lowest BCUT2D eigenvalue weighted by Gasteiger charge is -2.10. The highest BCUT2D eigenvalue weighted by molar-refractivity contribution is 5.83. The number of imidazole rings is 1. The number of pyridine rings is 1. The SMILES string of the molecule is CCCn1c(-c2cccc(F)c2N)nc2cnccc21. The molecule has 0 aliphatic heterocycles. The molecule has 4 nitrogen and oxygen atoms in total. The van der Waals surface area contributed by atoms with E-state index in [4.69, 9.17) is 5.73 Å². The van der Waals surface area contributed by atoms with E-state index in [1.165, 1.54) is 6.07 Å². The monoisotopic (exact) mass is 270 g/mol. The second kappa shape index (κ2) is 4.92. The van der Waals surface area contributed by atoms with Gasteiger partial charge >= 0.3 is 0 Å². The molecule has 0 aliphatic rings. The van der Waals surface area contributed by atoms with Crippen molar-refractivity contribution in [3.05, 3.63) is 42.5 Å². The van der Waals surface area contributed by atoms with Crippen molar-refractivity contribution in [3.8, 4) is 11.4 Å². The average molecular weight is 270 g/mol. The van der Waals surface area contributed by atoms with Crippen molar-refractivity contribution in [2.75, 3.05) is 5.73 Å². The number of nitrogens with zero attached hydrogens (tertiary/aromatic N) is 3. The first kappa shape index (κ1) is 12.6. The van der Waals surface area contributed by atoms with Gasteiger partial charge in [-0.3, -0.25) is 4.98 Å². The van der Waals surface area contributed by atoms with Gasteiger partial charge in [0.1, 0.15) is 17.2 Å². The van der Waals surface area contributed by atoms with Gasteiger partial charge in [-0.15, -0.1) is 0 Å². The molecule has 1 aromatic carbocycles. The molecule has 2 N–H and O–H groups in total. The number of fused-ring (bicyclic) bond motifs is 1. The van der Waals surface area contributed by atoms with E-state index in [9.17, 15) is 4.39 Å². The van der Waals surface area contributed by atoms with Crippen molar-refractivity contribution in [1.29, 1.82) is 0 Å². The molecule has 20 heavy (non-hydrogen) atoms. The van der Waals surface area contributed by atoms with Gasteiger partial charge in [0.15, 0.2) is 0 Å². The first-order chi connectivity index (χ1) is 9.72. The van der Waals surface area contributed by atoms with E-state index in [-0.39, 0.29) is 5.69 Å². The molecule has 0 unspecified atom stereocenters. The topological polar surface area (TPSA) is 56.7 Å². The van der Waals surface area contributed by atoms with E-state index >= 15 is 0 Å². The summed E-state index contributed by atoms with van der Waals surface area (Å²) in [5.74, 6) is 0.266. The van der Waals surface area contributed by atoms with Gasteiger partial charge in [-0.25, -0.2) is 9.37 Å². The van der Waals surface area contributed by atoms with Gasteiger partial charge < -0.3 is 10.3 Å². The molecule has 0 spiro atoms. The van der Waals surface area contributed by atoms with Crippen LogP contribution in [0.4, 0.5) is 10.1 Å². The van der Waals surface area contributed by atoms with Crippen molar-refractivity contribution in [2.45, 2.75) is 19.9 Å². The molecule has 0 fully saturated rings. The number of halogens is 1. The predicted octanol–water partition coefficient (Wildman–Crippen LogP) is 3.23. The van der Waals surface area contributed by atoms with Gasteiger partial charge in [-0.2, -0.15) is 0 Å².